The van der Waals surface area contributed by atoms with Gasteiger partial charge in [0.15, 0.2) is 0 Å². The fourth-order valence-electron chi connectivity index (χ4n) is 2.70. The minimum absolute atomic E-state index is 0. The zero-order valence-corrected chi connectivity index (χ0v) is 15.4. The second-order valence-corrected chi connectivity index (χ2v) is 5.91. The van der Waals surface area contributed by atoms with Crippen molar-refractivity contribution < 1.29 is 26.7 Å². The molecule has 1 aliphatic heterocycles. The third-order valence-electron chi connectivity index (χ3n) is 3.75. The van der Waals surface area contributed by atoms with Crippen LogP contribution in [0.25, 0.3) is 10.4 Å². The summed E-state index contributed by atoms with van der Waals surface area (Å²) in [6.45, 7) is 0.804. The number of nitrogens with zero attached hydrogens (tertiary/aromatic N) is 6. The smallest absolute Gasteiger partial charge is 0.396 e. The third-order valence-corrected chi connectivity index (χ3v) is 4.49. The van der Waals surface area contributed by atoms with Gasteiger partial charge in [-0.2, -0.15) is 0 Å². The van der Waals surface area contributed by atoms with Gasteiger partial charge in [-0.15, -0.1) is 0 Å². The lowest BCUT2D eigenvalue weighted by Crippen LogP contribution is -3.00. The molecule has 2 heterocycles. The Morgan fingerprint density at radius 3 is 2.92 bits per heavy atom. The topological polar surface area (TPSA) is 89.0 Å². The van der Waals surface area contributed by atoms with E-state index in [0.29, 0.717) is 28.1 Å². The van der Waals surface area contributed by atoms with Gasteiger partial charge in [0.1, 0.15) is 12.7 Å². The molecule has 0 spiro atoms. The van der Waals surface area contributed by atoms with Crippen molar-refractivity contribution in [2.24, 2.45) is 5.11 Å². The molecule has 1 atom stereocenters. The molecule has 1 aromatic heterocycles. The molecule has 1 aliphatic rings. The summed E-state index contributed by atoms with van der Waals surface area (Å²) in [6, 6.07) is 6.79. The van der Waals surface area contributed by atoms with Crippen molar-refractivity contribution in [3.8, 4) is 0 Å². The number of aliphatic hydroxyl groups is 1. The summed E-state index contributed by atoms with van der Waals surface area (Å²) >= 11 is 12.1. The number of azide groups is 1. The molecule has 0 amide bonds. The number of rotatable bonds is 4. The molecule has 1 unspecified atom stereocenters. The predicted octanol–water partition coefficient (Wildman–Crippen LogP) is -0.344. The Labute approximate surface area is 158 Å². The van der Waals surface area contributed by atoms with Crippen LogP contribution in [0, 0.1) is 0 Å². The molecule has 24 heavy (non-hydrogen) atoms. The maximum atomic E-state index is 11.3. The fraction of sp³-hybridized carbons (Fsp3) is 0.286. The Balaban J connectivity index is 0.00000208. The molecule has 10 heteroatoms. The molecule has 0 radical (unpaired) electrons. The quantitative estimate of drug-likeness (QED) is 0.310. The largest absolute Gasteiger partial charge is 1.00 e. The Kier molecular flexibility index (Phi) is 5.90. The van der Waals surface area contributed by atoms with E-state index in [4.69, 9.17) is 28.7 Å². The molecule has 0 saturated carbocycles. The summed E-state index contributed by atoms with van der Waals surface area (Å²) < 4.78 is 1.83. The van der Waals surface area contributed by atoms with Gasteiger partial charge in [-0.1, -0.05) is 39.4 Å². The van der Waals surface area contributed by atoms with E-state index in [2.05, 4.69) is 15.0 Å². The highest BCUT2D eigenvalue weighted by Crippen LogP contribution is 2.36. The number of anilines is 1. The number of benzene rings is 1. The van der Waals surface area contributed by atoms with Crippen molar-refractivity contribution in [2.75, 3.05) is 18.0 Å². The average Bonchev–Trinajstić information content (AvgIpc) is 2.83. The van der Waals surface area contributed by atoms with Crippen molar-refractivity contribution in [1.82, 2.24) is 4.98 Å². The van der Waals surface area contributed by atoms with Crippen LogP contribution in [0.2, 0.25) is 10.0 Å². The normalized spacial score (nSPS) is 18.5. The van der Waals surface area contributed by atoms with Crippen molar-refractivity contribution in [3.05, 3.63) is 62.7 Å². The first-order valence-electron chi connectivity index (χ1n) is 6.87. The van der Waals surface area contributed by atoms with Crippen molar-refractivity contribution in [3.63, 3.8) is 0 Å². The zero-order chi connectivity index (χ0) is 16.4. The second-order valence-electron chi connectivity index (χ2n) is 5.10. The minimum Gasteiger partial charge on any atom is -1.00 e. The summed E-state index contributed by atoms with van der Waals surface area (Å²) in [5.41, 5.74) is 7.72. The Morgan fingerprint density at radius 1 is 1.42 bits per heavy atom. The van der Waals surface area contributed by atoms with E-state index in [1.165, 1.54) is 0 Å². The fourth-order valence-corrected chi connectivity index (χ4v) is 2.99. The lowest BCUT2D eigenvalue weighted by molar-refractivity contribution is -0.685. The highest BCUT2D eigenvalue weighted by molar-refractivity contribution is 6.42. The van der Waals surface area contributed by atoms with E-state index in [1.54, 1.807) is 35.4 Å². The van der Waals surface area contributed by atoms with Crippen LogP contribution in [0.3, 0.4) is 0 Å². The molecule has 1 N–H and O–H groups in total. The summed E-state index contributed by atoms with van der Waals surface area (Å²) in [5.74, 6) is 0.592. The van der Waals surface area contributed by atoms with Gasteiger partial charge in [0, 0.05) is 16.5 Å². The Bertz CT molecular complexity index is 801. The third kappa shape index (κ3) is 3.29. The van der Waals surface area contributed by atoms with Gasteiger partial charge in [0.25, 0.3) is 0 Å². The molecule has 7 nitrogen and oxygen atoms in total. The SMILES string of the molecule is [Br-].[N-]=[N+]=NCCN1c2nccc[n+]2CC1(O)c1ccc(Cl)c(Cl)c1. The summed E-state index contributed by atoms with van der Waals surface area (Å²) in [6.07, 6.45) is 3.48. The summed E-state index contributed by atoms with van der Waals surface area (Å²) in [7, 11) is 0. The van der Waals surface area contributed by atoms with E-state index in [1.807, 2.05) is 10.8 Å². The molecule has 0 aliphatic carbocycles. The van der Waals surface area contributed by atoms with Crippen LogP contribution in [0.15, 0.2) is 41.8 Å². The number of fused-ring (bicyclic) bond motifs is 1. The first-order valence-corrected chi connectivity index (χ1v) is 7.63. The lowest BCUT2D eigenvalue weighted by Gasteiger charge is -2.28. The molecular weight excluding hydrogens is 419 g/mol. The van der Waals surface area contributed by atoms with Crippen molar-refractivity contribution >= 4 is 29.2 Å². The number of aromatic nitrogens is 2. The van der Waals surface area contributed by atoms with Gasteiger partial charge in [0.2, 0.25) is 5.72 Å². The zero-order valence-electron chi connectivity index (χ0n) is 12.3. The first-order chi connectivity index (χ1) is 11.1. The van der Waals surface area contributed by atoms with Crippen LogP contribution in [0.5, 0.6) is 0 Å². The second kappa shape index (κ2) is 7.55. The molecule has 0 saturated heterocycles. The molecule has 0 bridgehead atoms. The summed E-state index contributed by atoms with van der Waals surface area (Å²) in [5, 5.41) is 15.6. The van der Waals surface area contributed by atoms with Gasteiger partial charge >= 0.3 is 5.95 Å². The van der Waals surface area contributed by atoms with Crippen molar-refractivity contribution in [2.45, 2.75) is 12.3 Å². The number of halogens is 3. The predicted molar refractivity (Wildman–Crippen MR) is 86.1 cm³/mol. The highest BCUT2D eigenvalue weighted by Gasteiger charge is 2.51. The maximum Gasteiger partial charge on any atom is 0.396 e. The van der Waals surface area contributed by atoms with Gasteiger partial charge in [-0.05, 0) is 17.7 Å². The van der Waals surface area contributed by atoms with Gasteiger partial charge < -0.3 is 22.1 Å². The van der Waals surface area contributed by atoms with E-state index < -0.39 is 5.72 Å². The van der Waals surface area contributed by atoms with E-state index >= 15 is 0 Å². The maximum absolute atomic E-state index is 11.3. The van der Waals surface area contributed by atoms with E-state index in [0.717, 1.165) is 0 Å². The van der Waals surface area contributed by atoms with Crippen LogP contribution in [-0.4, -0.2) is 23.2 Å². The molecule has 3 rings (SSSR count). The summed E-state index contributed by atoms with van der Waals surface area (Å²) in [4.78, 5) is 8.76. The standard InChI is InChI=1S/C14H13Cl2N6O.BrH/c15-11-3-2-10(8-12(11)16)14(23)9-21-6-1-4-18-13(21)22(14)7-5-19-20-17;/h1-4,6,8,23H,5,7,9H2;1H/q+1;/p-1. The highest BCUT2D eigenvalue weighted by atomic mass is 79.9. The Hall–Kier alpha value is -1.57. The minimum atomic E-state index is -1.35. The van der Waals surface area contributed by atoms with E-state index in [-0.39, 0.29) is 30.1 Å². The van der Waals surface area contributed by atoms with Gasteiger partial charge in [-0.25, -0.2) is 9.47 Å². The molecule has 1 aromatic carbocycles. The average molecular weight is 432 g/mol. The number of hydrogen-bond donors (Lipinski definition) is 1. The molecule has 0 fully saturated rings. The molecular formula is C14H13BrCl2N6O. The molecule has 126 valence electrons. The van der Waals surface area contributed by atoms with Crippen LogP contribution < -0.4 is 26.4 Å². The van der Waals surface area contributed by atoms with Gasteiger partial charge in [-0.3, -0.25) is 0 Å². The lowest BCUT2D eigenvalue weighted by atomic mass is 10.0. The number of hydrogen-bond acceptors (Lipinski definition) is 4. The van der Waals surface area contributed by atoms with Gasteiger partial charge in [0.05, 0.1) is 29.3 Å². The Morgan fingerprint density at radius 2 is 2.21 bits per heavy atom. The first kappa shape index (κ1) is 18.8. The van der Waals surface area contributed by atoms with E-state index in [9.17, 15) is 5.11 Å². The monoisotopic (exact) mass is 430 g/mol. The van der Waals surface area contributed by atoms with Crippen LogP contribution >= 0.6 is 23.2 Å². The van der Waals surface area contributed by atoms with Crippen LogP contribution in [0.1, 0.15) is 5.56 Å². The van der Waals surface area contributed by atoms with Crippen molar-refractivity contribution in [1.29, 1.82) is 0 Å². The van der Waals surface area contributed by atoms with Crippen LogP contribution in [0.4, 0.5) is 5.95 Å². The molecule has 2 aromatic rings. The van der Waals surface area contributed by atoms with Crippen LogP contribution in [-0.2, 0) is 12.3 Å².